The van der Waals surface area contributed by atoms with Crippen LogP contribution in [-0.4, -0.2) is 50.1 Å². The van der Waals surface area contributed by atoms with Gasteiger partial charge in [-0.3, -0.25) is 4.99 Å². The second-order valence-electron chi connectivity index (χ2n) is 6.44. The van der Waals surface area contributed by atoms with E-state index in [2.05, 4.69) is 48.2 Å². The molecule has 4 heteroatoms. The van der Waals surface area contributed by atoms with Gasteiger partial charge in [0.25, 0.3) is 0 Å². The maximum atomic E-state index is 4.59. The molecule has 2 N–H and O–H groups in total. The highest BCUT2D eigenvalue weighted by Crippen LogP contribution is 2.15. The second-order valence-corrected chi connectivity index (χ2v) is 6.44. The highest BCUT2D eigenvalue weighted by Gasteiger charge is 2.15. The van der Waals surface area contributed by atoms with Gasteiger partial charge in [-0.1, -0.05) is 20.8 Å². The van der Waals surface area contributed by atoms with Gasteiger partial charge < -0.3 is 15.5 Å². The van der Waals surface area contributed by atoms with Crippen LogP contribution >= 0.6 is 0 Å². The molecule has 0 spiro atoms. The number of rotatable bonds is 7. The van der Waals surface area contributed by atoms with Gasteiger partial charge in [-0.2, -0.15) is 0 Å². The Balaban J connectivity index is 2.18. The van der Waals surface area contributed by atoms with E-state index in [0.29, 0.717) is 5.92 Å². The summed E-state index contributed by atoms with van der Waals surface area (Å²) in [4.78, 5) is 7.20. The van der Waals surface area contributed by atoms with Crippen LogP contribution in [0, 0.1) is 11.8 Å². The Kier molecular flexibility index (Phi) is 8.67. The van der Waals surface area contributed by atoms with Crippen molar-refractivity contribution < 1.29 is 0 Å². The molecule has 1 atom stereocenters. The fraction of sp³-hybridized carbons (Fsp3) is 0.938. The van der Waals surface area contributed by atoms with Gasteiger partial charge in [0.1, 0.15) is 0 Å². The first-order valence-electron chi connectivity index (χ1n) is 8.36. The number of hydrogen-bond donors (Lipinski definition) is 2. The molecular formula is C16H34N4. The van der Waals surface area contributed by atoms with E-state index in [9.17, 15) is 0 Å². The summed E-state index contributed by atoms with van der Waals surface area (Å²) in [5.74, 6) is 2.45. The van der Waals surface area contributed by atoms with E-state index in [1.807, 2.05) is 0 Å². The van der Waals surface area contributed by atoms with Gasteiger partial charge in [0.05, 0.1) is 0 Å². The molecule has 1 saturated heterocycles. The quantitative estimate of drug-likeness (QED) is 0.428. The number of hydrogen-bond acceptors (Lipinski definition) is 2. The van der Waals surface area contributed by atoms with E-state index in [-0.39, 0.29) is 0 Å². The van der Waals surface area contributed by atoms with Crippen LogP contribution in [0.2, 0.25) is 0 Å². The summed E-state index contributed by atoms with van der Waals surface area (Å²) in [6.07, 6.45) is 3.97. The summed E-state index contributed by atoms with van der Waals surface area (Å²) in [5, 5.41) is 6.75. The van der Waals surface area contributed by atoms with E-state index >= 15 is 0 Å². The molecular weight excluding hydrogens is 248 g/mol. The molecule has 118 valence electrons. The average molecular weight is 282 g/mol. The molecule has 0 bridgehead atoms. The summed E-state index contributed by atoms with van der Waals surface area (Å²) in [7, 11) is 0. The molecule has 0 amide bonds. The van der Waals surface area contributed by atoms with Crippen molar-refractivity contribution in [1.29, 1.82) is 0 Å². The summed E-state index contributed by atoms with van der Waals surface area (Å²) < 4.78 is 0. The van der Waals surface area contributed by atoms with Crippen molar-refractivity contribution in [1.82, 2.24) is 15.5 Å². The van der Waals surface area contributed by atoms with E-state index in [1.165, 1.54) is 38.9 Å². The minimum atomic E-state index is 0.611. The second kappa shape index (κ2) is 10.0. The maximum absolute atomic E-state index is 4.59. The molecule has 1 heterocycles. The summed E-state index contributed by atoms with van der Waals surface area (Å²) in [5.41, 5.74) is 0. The predicted octanol–water partition coefficient (Wildman–Crippen LogP) is 2.32. The van der Waals surface area contributed by atoms with Crippen molar-refractivity contribution in [2.75, 3.05) is 39.3 Å². The van der Waals surface area contributed by atoms with Crippen molar-refractivity contribution in [3.8, 4) is 0 Å². The largest absolute Gasteiger partial charge is 0.357 e. The fourth-order valence-corrected chi connectivity index (χ4v) is 2.61. The molecule has 0 aromatic heterocycles. The molecule has 0 aliphatic carbocycles. The molecule has 0 radical (unpaired) electrons. The molecule has 1 rings (SSSR count). The molecule has 1 unspecified atom stereocenters. The first kappa shape index (κ1) is 17.3. The van der Waals surface area contributed by atoms with E-state index in [1.54, 1.807) is 0 Å². The predicted molar refractivity (Wildman–Crippen MR) is 88.3 cm³/mol. The van der Waals surface area contributed by atoms with Gasteiger partial charge in [-0.25, -0.2) is 0 Å². The van der Waals surface area contributed by atoms with Crippen molar-refractivity contribution >= 4 is 5.96 Å². The highest BCUT2D eigenvalue weighted by molar-refractivity contribution is 5.79. The number of guanidine groups is 1. The monoisotopic (exact) mass is 282 g/mol. The lowest BCUT2D eigenvalue weighted by Gasteiger charge is -2.30. The zero-order valence-corrected chi connectivity index (χ0v) is 13.9. The summed E-state index contributed by atoms with van der Waals surface area (Å²) >= 11 is 0. The van der Waals surface area contributed by atoms with E-state index in [4.69, 9.17) is 0 Å². The Hall–Kier alpha value is -0.770. The molecule has 1 aliphatic heterocycles. The van der Waals surface area contributed by atoms with E-state index in [0.717, 1.165) is 31.5 Å². The fourth-order valence-electron chi connectivity index (χ4n) is 2.61. The van der Waals surface area contributed by atoms with Crippen LogP contribution in [0.1, 0.15) is 47.0 Å². The van der Waals surface area contributed by atoms with Crippen LogP contribution in [0.25, 0.3) is 0 Å². The third-order valence-corrected chi connectivity index (χ3v) is 3.64. The first-order valence-corrected chi connectivity index (χ1v) is 8.36. The van der Waals surface area contributed by atoms with Crippen LogP contribution in [0.15, 0.2) is 4.99 Å². The Bertz CT molecular complexity index is 276. The van der Waals surface area contributed by atoms with Crippen LogP contribution in [-0.2, 0) is 0 Å². The van der Waals surface area contributed by atoms with Crippen LogP contribution in [0.4, 0.5) is 0 Å². The van der Waals surface area contributed by atoms with Crippen LogP contribution in [0.5, 0.6) is 0 Å². The molecule has 20 heavy (non-hydrogen) atoms. The van der Waals surface area contributed by atoms with Gasteiger partial charge in [-0.05, 0) is 51.1 Å². The van der Waals surface area contributed by atoms with Gasteiger partial charge in [0, 0.05) is 26.2 Å². The Morgan fingerprint density at radius 2 is 2.15 bits per heavy atom. The lowest BCUT2D eigenvalue weighted by Crippen LogP contribution is -2.40. The average Bonchev–Trinajstić information content (AvgIpc) is 2.40. The number of nitrogens with zero attached hydrogens (tertiary/aromatic N) is 2. The number of likely N-dealkylation sites (tertiary alicyclic amines) is 1. The lowest BCUT2D eigenvalue weighted by atomic mass is 10.0. The van der Waals surface area contributed by atoms with Gasteiger partial charge >= 0.3 is 0 Å². The van der Waals surface area contributed by atoms with Crippen LogP contribution in [0.3, 0.4) is 0 Å². The molecule has 0 aromatic carbocycles. The Morgan fingerprint density at radius 3 is 2.80 bits per heavy atom. The number of piperidine rings is 1. The Morgan fingerprint density at radius 1 is 1.35 bits per heavy atom. The van der Waals surface area contributed by atoms with Gasteiger partial charge in [-0.15, -0.1) is 0 Å². The molecule has 0 saturated carbocycles. The normalized spacial score (nSPS) is 21.2. The minimum Gasteiger partial charge on any atom is -0.357 e. The summed E-state index contributed by atoms with van der Waals surface area (Å²) in [6.45, 7) is 15.5. The topological polar surface area (TPSA) is 39.7 Å². The van der Waals surface area contributed by atoms with Gasteiger partial charge in [0.15, 0.2) is 5.96 Å². The van der Waals surface area contributed by atoms with Gasteiger partial charge in [0.2, 0.25) is 0 Å². The van der Waals surface area contributed by atoms with Crippen molar-refractivity contribution in [2.45, 2.75) is 47.0 Å². The number of nitrogens with one attached hydrogen (secondary N) is 2. The molecule has 0 aromatic rings. The third-order valence-electron chi connectivity index (χ3n) is 3.64. The van der Waals surface area contributed by atoms with E-state index < -0.39 is 0 Å². The minimum absolute atomic E-state index is 0.611. The lowest BCUT2D eigenvalue weighted by molar-refractivity contribution is 0.182. The van der Waals surface area contributed by atoms with Crippen LogP contribution < -0.4 is 10.6 Å². The number of aliphatic imine (C=N–C) groups is 1. The standard InChI is InChI=1S/C16H34N4/c1-5-17-16(19-12-14(2)3)18-9-7-11-20-10-6-8-15(4)13-20/h14-15H,5-13H2,1-4H3,(H2,17,18,19). The SMILES string of the molecule is CCNC(=NCC(C)C)NCCCN1CCCC(C)C1. The third kappa shape index (κ3) is 7.73. The van der Waals surface area contributed by atoms with Crippen molar-refractivity contribution in [2.24, 2.45) is 16.8 Å². The smallest absolute Gasteiger partial charge is 0.191 e. The zero-order chi connectivity index (χ0) is 14.8. The Labute approximate surface area is 125 Å². The van der Waals surface area contributed by atoms with Crippen molar-refractivity contribution in [3.63, 3.8) is 0 Å². The van der Waals surface area contributed by atoms with Crippen molar-refractivity contribution in [3.05, 3.63) is 0 Å². The molecule has 4 nitrogen and oxygen atoms in total. The molecule has 1 fully saturated rings. The first-order chi connectivity index (χ1) is 9.61. The molecule has 1 aliphatic rings. The maximum Gasteiger partial charge on any atom is 0.191 e. The summed E-state index contributed by atoms with van der Waals surface area (Å²) in [6, 6.07) is 0. The highest BCUT2D eigenvalue weighted by atomic mass is 15.2. The zero-order valence-electron chi connectivity index (χ0n) is 13.9.